The molecule has 13 heavy (non-hydrogen) atoms. The maximum absolute atomic E-state index is 11.3. The van der Waals surface area contributed by atoms with Crippen LogP contribution in [0, 0.1) is 5.92 Å². The molecule has 0 saturated carbocycles. The van der Waals surface area contributed by atoms with Gasteiger partial charge in [-0.05, 0) is 18.1 Å². The number of hydrogen-bond donors (Lipinski definition) is 0. The molecule has 0 radical (unpaired) electrons. The third-order valence-corrected chi connectivity index (χ3v) is 2.21. The summed E-state index contributed by atoms with van der Waals surface area (Å²) in [4.78, 5) is 11.3. The van der Waals surface area contributed by atoms with Crippen molar-refractivity contribution in [2.24, 2.45) is 5.92 Å². The van der Waals surface area contributed by atoms with Crippen molar-refractivity contribution < 1.29 is 9.53 Å². The van der Waals surface area contributed by atoms with E-state index in [1.807, 2.05) is 24.3 Å². The van der Waals surface area contributed by atoms with Crippen molar-refractivity contribution in [1.29, 1.82) is 0 Å². The Morgan fingerprint density at radius 1 is 1.46 bits per heavy atom. The highest BCUT2D eigenvalue weighted by Gasteiger charge is 2.25. The minimum Gasteiger partial charge on any atom is -0.426 e. The van der Waals surface area contributed by atoms with Crippen LogP contribution in [0.5, 0.6) is 5.75 Å². The molecule has 0 amide bonds. The molecule has 0 spiro atoms. The van der Waals surface area contributed by atoms with E-state index in [9.17, 15) is 4.79 Å². The summed E-state index contributed by atoms with van der Waals surface area (Å²) in [6.07, 6.45) is 2.34. The third-order valence-electron chi connectivity index (χ3n) is 2.21. The number of benzene rings is 1. The van der Waals surface area contributed by atoms with E-state index in [-0.39, 0.29) is 11.9 Å². The Kier molecular flexibility index (Phi) is 1.89. The molecule has 1 aromatic carbocycles. The van der Waals surface area contributed by atoms with Gasteiger partial charge >= 0.3 is 5.97 Å². The quantitative estimate of drug-likeness (QED) is 0.369. The number of para-hydroxylation sites is 1. The van der Waals surface area contributed by atoms with Crippen LogP contribution in [0.2, 0.25) is 0 Å². The molecule has 2 nitrogen and oxygen atoms in total. The zero-order valence-corrected chi connectivity index (χ0v) is 7.19. The Bertz CT molecular complexity index is 355. The molecular weight excluding hydrogens is 164 g/mol. The SMILES string of the molecule is C=CC1Cc2ccccc2OC1=O. The second-order valence-corrected chi connectivity index (χ2v) is 3.08. The molecule has 0 N–H and O–H groups in total. The number of hydrogen-bond acceptors (Lipinski definition) is 2. The third kappa shape index (κ3) is 1.35. The number of rotatable bonds is 1. The van der Waals surface area contributed by atoms with Crippen LogP contribution in [0.3, 0.4) is 0 Å². The molecule has 2 rings (SSSR count). The molecule has 1 atom stereocenters. The van der Waals surface area contributed by atoms with Crippen molar-refractivity contribution in [3.8, 4) is 5.75 Å². The molecular formula is C11H10O2. The van der Waals surface area contributed by atoms with Gasteiger partial charge in [0.15, 0.2) is 0 Å². The summed E-state index contributed by atoms with van der Waals surface area (Å²) < 4.78 is 5.13. The molecule has 0 saturated heterocycles. The Morgan fingerprint density at radius 3 is 3.00 bits per heavy atom. The van der Waals surface area contributed by atoms with Gasteiger partial charge in [-0.2, -0.15) is 0 Å². The zero-order valence-electron chi connectivity index (χ0n) is 7.19. The second kappa shape index (κ2) is 3.05. The monoisotopic (exact) mass is 174 g/mol. The molecule has 0 aromatic heterocycles. The van der Waals surface area contributed by atoms with Crippen molar-refractivity contribution >= 4 is 5.97 Å². The average Bonchev–Trinajstić information content (AvgIpc) is 2.17. The first-order valence-electron chi connectivity index (χ1n) is 4.23. The van der Waals surface area contributed by atoms with Crippen LogP contribution < -0.4 is 4.74 Å². The van der Waals surface area contributed by atoms with E-state index >= 15 is 0 Å². The number of carbonyl (C=O) groups excluding carboxylic acids is 1. The van der Waals surface area contributed by atoms with Gasteiger partial charge in [0.25, 0.3) is 0 Å². The van der Waals surface area contributed by atoms with Gasteiger partial charge in [0.05, 0.1) is 5.92 Å². The lowest BCUT2D eigenvalue weighted by molar-refractivity contribution is -0.138. The fourth-order valence-electron chi connectivity index (χ4n) is 1.46. The molecule has 1 heterocycles. The summed E-state index contributed by atoms with van der Waals surface area (Å²) in [6, 6.07) is 7.59. The first-order chi connectivity index (χ1) is 6.31. The highest BCUT2D eigenvalue weighted by Crippen LogP contribution is 2.27. The average molecular weight is 174 g/mol. The van der Waals surface area contributed by atoms with Gasteiger partial charge in [0.2, 0.25) is 0 Å². The normalized spacial score (nSPS) is 20.3. The maximum atomic E-state index is 11.3. The van der Waals surface area contributed by atoms with Crippen molar-refractivity contribution in [2.45, 2.75) is 6.42 Å². The molecule has 1 aliphatic rings. The summed E-state index contributed by atoms with van der Waals surface area (Å²) in [5.41, 5.74) is 1.08. The Labute approximate surface area is 76.8 Å². The van der Waals surface area contributed by atoms with Gasteiger partial charge in [0, 0.05) is 0 Å². The largest absolute Gasteiger partial charge is 0.426 e. The van der Waals surface area contributed by atoms with Gasteiger partial charge in [-0.3, -0.25) is 4.79 Å². The first-order valence-corrected chi connectivity index (χ1v) is 4.23. The predicted octanol–water partition coefficient (Wildman–Crippen LogP) is 1.95. The fourth-order valence-corrected chi connectivity index (χ4v) is 1.46. The second-order valence-electron chi connectivity index (χ2n) is 3.08. The van der Waals surface area contributed by atoms with E-state index in [1.165, 1.54) is 0 Å². The molecule has 1 aliphatic heterocycles. The van der Waals surface area contributed by atoms with Crippen LogP contribution in [0.25, 0.3) is 0 Å². The number of carbonyl (C=O) groups is 1. The molecule has 66 valence electrons. The van der Waals surface area contributed by atoms with Gasteiger partial charge in [-0.1, -0.05) is 24.3 Å². The Morgan fingerprint density at radius 2 is 2.23 bits per heavy atom. The first kappa shape index (κ1) is 8.05. The van der Waals surface area contributed by atoms with Crippen LogP contribution in [0.1, 0.15) is 5.56 Å². The van der Waals surface area contributed by atoms with E-state index in [1.54, 1.807) is 6.08 Å². The van der Waals surface area contributed by atoms with Crippen LogP contribution >= 0.6 is 0 Å². The zero-order chi connectivity index (χ0) is 9.26. The minimum atomic E-state index is -0.200. The lowest BCUT2D eigenvalue weighted by Gasteiger charge is -2.20. The molecule has 2 heteroatoms. The summed E-state index contributed by atoms with van der Waals surface area (Å²) in [7, 11) is 0. The van der Waals surface area contributed by atoms with E-state index in [4.69, 9.17) is 4.74 Å². The van der Waals surface area contributed by atoms with Gasteiger partial charge < -0.3 is 4.74 Å². The van der Waals surface area contributed by atoms with Crippen molar-refractivity contribution in [2.75, 3.05) is 0 Å². The lowest BCUT2D eigenvalue weighted by atomic mass is 9.96. The predicted molar refractivity (Wildman–Crippen MR) is 49.5 cm³/mol. The van der Waals surface area contributed by atoms with Crippen LogP contribution in [-0.2, 0) is 11.2 Å². The standard InChI is InChI=1S/C11H10O2/c1-2-8-7-9-5-3-4-6-10(9)13-11(8)12/h2-6,8H,1,7H2. The number of ether oxygens (including phenoxy) is 1. The molecule has 0 fully saturated rings. The number of fused-ring (bicyclic) bond motifs is 1. The van der Waals surface area contributed by atoms with Crippen LogP contribution in [-0.4, -0.2) is 5.97 Å². The summed E-state index contributed by atoms with van der Waals surface area (Å²) in [5, 5.41) is 0. The van der Waals surface area contributed by atoms with Gasteiger partial charge in [-0.25, -0.2) is 0 Å². The van der Waals surface area contributed by atoms with Gasteiger partial charge in [-0.15, -0.1) is 6.58 Å². The van der Waals surface area contributed by atoms with Crippen molar-refractivity contribution in [3.63, 3.8) is 0 Å². The fraction of sp³-hybridized carbons (Fsp3) is 0.182. The summed E-state index contributed by atoms with van der Waals surface area (Å²) in [5.74, 6) is 0.300. The Balaban J connectivity index is 2.38. The smallest absolute Gasteiger partial charge is 0.318 e. The summed E-state index contributed by atoms with van der Waals surface area (Å²) in [6.45, 7) is 3.61. The van der Waals surface area contributed by atoms with E-state index in [2.05, 4.69) is 6.58 Å². The lowest BCUT2D eigenvalue weighted by Crippen LogP contribution is -2.25. The minimum absolute atomic E-state index is 0.185. The molecule has 0 bridgehead atoms. The topological polar surface area (TPSA) is 26.3 Å². The van der Waals surface area contributed by atoms with Crippen molar-refractivity contribution in [1.82, 2.24) is 0 Å². The van der Waals surface area contributed by atoms with Crippen molar-refractivity contribution in [3.05, 3.63) is 42.5 Å². The summed E-state index contributed by atoms with van der Waals surface area (Å²) >= 11 is 0. The van der Waals surface area contributed by atoms with E-state index < -0.39 is 0 Å². The molecule has 1 aromatic rings. The Hall–Kier alpha value is -1.57. The number of esters is 1. The molecule has 1 unspecified atom stereocenters. The highest BCUT2D eigenvalue weighted by molar-refractivity contribution is 5.79. The highest BCUT2D eigenvalue weighted by atomic mass is 16.5. The van der Waals surface area contributed by atoms with Crippen LogP contribution in [0.4, 0.5) is 0 Å². The van der Waals surface area contributed by atoms with E-state index in [0.29, 0.717) is 12.2 Å². The van der Waals surface area contributed by atoms with Crippen LogP contribution in [0.15, 0.2) is 36.9 Å². The van der Waals surface area contributed by atoms with E-state index in [0.717, 1.165) is 5.56 Å². The molecule has 0 aliphatic carbocycles. The maximum Gasteiger partial charge on any atom is 0.318 e. The van der Waals surface area contributed by atoms with Gasteiger partial charge in [0.1, 0.15) is 5.75 Å².